The number of alkyl halides is 3. The van der Waals surface area contributed by atoms with E-state index >= 15 is 0 Å². The first kappa shape index (κ1) is 24.1. The summed E-state index contributed by atoms with van der Waals surface area (Å²) in [7, 11) is -0.362. The molecule has 0 fully saturated rings. The number of ether oxygens (including phenoxy) is 2. The standard InChI is InChI=1S/C27H18F3O4S/c28-27(29,30)26(32)34-21-15-13-20(14-16-21)33-25(31)19-11-17-24(18-12-19)35(22-7-3-1-4-8-22)23-9-5-2-6-10-23/h1-18H/q+1. The number of hydrogen-bond donors (Lipinski definition) is 0. The first-order valence-corrected chi connectivity index (χ1v) is 11.6. The van der Waals surface area contributed by atoms with Gasteiger partial charge < -0.3 is 9.47 Å². The second-order valence-corrected chi connectivity index (χ2v) is 9.23. The van der Waals surface area contributed by atoms with E-state index < -0.39 is 18.1 Å². The van der Waals surface area contributed by atoms with Crippen molar-refractivity contribution in [3.05, 3.63) is 115 Å². The highest BCUT2D eigenvalue weighted by Crippen LogP contribution is 2.31. The molecule has 0 unspecified atom stereocenters. The van der Waals surface area contributed by atoms with E-state index in [1.165, 1.54) is 12.1 Å². The summed E-state index contributed by atoms with van der Waals surface area (Å²) < 4.78 is 46.4. The van der Waals surface area contributed by atoms with Gasteiger partial charge >= 0.3 is 18.1 Å². The Morgan fingerprint density at radius 2 is 1.00 bits per heavy atom. The number of carbonyl (C=O) groups is 2. The van der Waals surface area contributed by atoms with Gasteiger partial charge in [-0.25, -0.2) is 9.59 Å². The van der Waals surface area contributed by atoms with Crippen LogP contribution in [-0.2, 0) is 15.7 Å². The van der Waals surface area contributed by atoms with Gasteiger partial charge in [-0.05, 0) is 72.8 Å². The van der Waals surface area contributed by atoms with E-state index in [-0.39, 0.29) is 22.4 Å². The van der Waals surface area contributed by atoms with Gasteiger partial charge in [0.25, 0.3) is 0 Å². The Bertz CT molecular complexity index is 1250. The zero-order valence-corrected chi connectivity index (χ0v) is 18.9. The molecule has 0 spiro atoms. The summed E-state index contributed by atoms with van der Waals surface area (Å²) in [5.74, 6) is -3.17. The molecule has 8 heteroatoms. The lowest BCUT2D eigenvalue weighted by Gasteiger charge is -2.09. The minimum atomic E-state index is -5.10. The first-order valence-electron chi connectivity index (χ1n) is 10.4. The van der Waals surface area contributed by atoms with Crippen molar-refractivity contribution in [1.29, 1.82) is 0 Å². The molecular weight excluding hydrogens is 477 g/mol. The lowest BCUT2D eigenvalue weighted by Crippen LogP contribution is -2.27. The average molecular weight is 495 g/mol. The van der Waals surface area contributed by atoms with E-state index in [0.717, 1.165) is 26.8 Å². The Labute approximate surface area is 202 Å². The molecule has 4 rings (SSSR count). The summed E-state index contributed by atoms with van der Waals surface area (Å²) in [5.41, 5.74) is 0.311. The van der Waals surface area contributed by atoms with Crippen molar-refractivity contribution in [2.45, 2.75) is 20.9 Å². The highest BCUT2D eigenvalue weighted by Gasteiger charge is 2.41. The number of carbonyl (C=O) groups excluding carboxylic acids is 2. The molecule has 0 bridgehead atoms. The molecule has 0 atom stereocenters. The van der Waals surface area contributed by atoms with Crippen LogP contribution < -0.4 is 9.47 Å². The van der Waals surface area contributed by atoms with Crippen molar-refractivity contribution >= 4 is 22.8 Å². The molecule has 0 heterocycles. The predicted molar refractivity (Wildman–Crippen MR) is 125 cm³/mol. The van der Waals surface area contributed by atoms with Crippen LogP contribution in [0.2, 0.25) is 0 Å². The molecule has 0 amide bonds. The minimum Gasteiger partial charge on any atom is -0.423 e. The SMILES string of the molecule is O=C(Oc1ccc(OC(=O)C(F)(F)F)cc1)c1ccc([S+](c2ccccc2)c2ccccc2)cc1. The summed E-state index contributed by atoms with van der Waals surface area (Å²) in [4.78, 5) is 26.8. The third-order valence-electron chi connectivity index (χ3n) is 4.76. The quantitative estimate of drug-likeness (QED) is 0.175. The van der Waals surface area contributed by atoms with Crippen molar-refractivity contribution in [3.63, 3.8) is 0 Å². The van der Waals surface area contributed by atoms with E-state index in [1.54, 1.807) is 12.1 Å². The summed E-state index contributed by atoms with van der Waals surface area (Å²) in [6.07, 6.45) is -5.10. The molecule has 0 aliphatic rings. The third-order valence-corrected chi connectivity index (χ3v) is 6.99. The molecule has 0 radical (unpaired) electrons. The molecule has 176 valence electrons. The van der Waals surface area contributed by atoms with Crippen molar-refractivity contribution < 1.29 is 32.2 Å². The van der Waals surface area contributed by atoms with Crippen LogP contribution in [0.1, 0.15) is 10.4 Å². The lowest BCUT2D eigenvalue weighted by atomic mass is 10.2. The van der Waals surface area contributed by atoms with Gasteiger partial charge in [0, 0.05) is 0 Å². The average Bonchev–Trinajstić information content (AvgIpc) is 2.86. The van der Waals surface area contributed by atoms with Crippen LogP contribution in [0, 0.1) is 0 Å². The van der Waals surface area contributed by atoms with Gasteiger partial charge in [0.05, 0.1) is 16.5 Å². The van der Waals surface area contributed by atoms with Crippen molar-refractivity contribution in [3.8, 4) is 11.5 Å². The molecule has 4 nitrogen and oxygen atoms in total. The van der Waals surface area contributed by atoms with Crippen LogP contribution in [0.4, 0.5) is 13.2 Å². The Morgan fingerprint density at radius 3 is 1.46 bits per heavy atom. The maximum Gasteiger partial charge on any atom is 0.491 e. The molecule has 0 N–H and O–H groups in total. The Hall–Kier alpha value is -4.04. The molecule has 0 aromatic heterocycles. The van der Waals surface area contributed by atoms with Gasteiger partial charge in [-0.1, -0.05) is 36.4 Å². The zero-order valence-electron chi connectivity index (χ0n) is 18.1. The molecule has 4 aromatic rings. The molecular formula is C27H18F3O4S+. The highest BCUT2D eigenvalue weighted by molar-refractivity contribution is 7.97. The van der Waals surface area contributed by atoms with Crippen molar-refractivity contribution in [2.24, 2.45) is 0 Å². The fraction of sp³-hybridized carbons (Fsp3) is 0.0370. The Kier molecular flexibility index (Phi) is 7.22. The van der Waals surface area contributed by atoms with Gasteiger partial charge in [-0.15, -0.1) is 0 Å². The molecule has 0 saturated heterocycles. The van der Waals surface area contributed by atoms with E-state index in [0.29, 0.717) is 5.56 Å². The lowest BCUT2D eigenvalue weighted by molar-refractivity contribution is -0.189. The van der Waals surface area contributed by atoms with Gasteiger partial charge in [-0.3, -0.25) is 0 Å². The molecule has 0 aliphatic carbocycles. The maximum atomic E-state index is 12.6. The smallest absolute Gasteiger partial charge is 0.423 e. The molecule has 0 saturated carbocycles. The van der Waals surface area contributed by atoms with Crippen molar-refractivity contribution in [2.75, 3.05) is 0 Å². The van der Waals surface area contributed by atoms with E-state index in [1.807, 2.05) is 48.5 Å². The molecule has 0 aliphatic heterocycles. The monoisotopic (exact) mass is 495 g/mol. The normalized spacial score (nSPS) is 11.2. The molecule has 4 aromatic carbocycles. The largest absolute Gasteiger partial charge is 0.491 e. The number of esters is 2. The van der Waals surface area contributed by atoms with Crippen LogP contribution in [0.3, 0.4) is 0 Å². The van der Waals surface area contributed by atoms with E-state index in [9.17, 15) is 22.8 Å². The van der Waals surface area contributed by atoms with Gasteiger partial charge in [0.2, 0.25) is 0 Å². The fourth-order valence-electron chi connectivity index (χ4n) is 3.16. The Morgan fingerprint density at radius 1 is 0.571 bits per heavy atom. The summed E-state index contributed by atoms with van der Waals surface area (Å²) in [6, 6.07) is 31.9. The number of benzene rings is 4. The third kappa shape index (κ3) is 6.10. The second kappa shape index (κ2) is 10.5. The van der Waals surface area contributed by atoms with E-state index in [2.05, 4.69) is 29.0 Å². The fourth-order valence-corrected chi connectivity index (χ4v) is 5.24. The number of halogens is 3. The van der Waals surface area contributed by atoms with Crippen LogP contribution >= 0.6 is 0 Å². The number of rotatable bonds is 6. The van der Waals surface area contributed by atoms with Gasteiger partial charge in [0.15, 0.2) is 14.7 Å². The summed E-state index contributed by atoms with van der Waals surface area (Å²) >= 11 is 0. The summed E-state index contributed by atoms with van der Waals surface area (Å²) in [5, 5.41) is 0. The number of hydrogen-bond acceptors (Lipinski definition) is 4. The molecule has 35 heavy (non-hydrogen) atoms. The van der Waals surface area contributed by atoms with Crippen molar-refractivity contribution in [1.82, 2.24) is 0 Å². The predicted octanol–water partition coefficient (Wildman–Crippen LogP) is 6.47. The highest BCUT2D eigenvalue weighted by atomic mass is 32.2. The van der Waals surface area contributed by atoms with Gasteiger partial charge in [-0.2, -0.15) is 13.2 Å². The topological polar surface area (TPSA) is 52.6 Å². The van der Waals surface area contributed by atoms with Gasteiger partial charge in [0.1, 0.15) is 11.5 Å². The first-order chi connectivity index (χ1) is 16.8. The van der Waals surface area contributed by atoms with Crippen LogP contribution in [0.25, 0.3) is 0 Å². The van der Waals surface area contributed by atoms with Crippen LogP contribution in [0.15, 0.2) is 124 Å². The zero-order chi connectivity index (χ0) is 24.8. The maximum absolute atomic E-state index is 12.6. The van der Waals surface area contributed by atoms with E-state index in [4.69, 9.17) is 4.74 Å². The van der Waals surface area contributed by atoms with Crippen LogP contribution in [-0.4, -0.2) is 18.1 Å². The minimum absolute atomic E-state index is 0.0965. The van der Waals surface area contributed by atoms with Crippen LogP contribution in [0.5, 0.6) is 11.5 Å². The summed E-state index contributed by atoms with van der Waals surface area (Å²) in [6.45, 7) is 0. The Balaban J connectivity index is 1.48. The second-order valence-electron chi connectivity index (χ2n) is 7.20.